The molecule has 7 nitrogen and oxygen atoms in total. The average molecular weight is 252 g/mol. The molecule has 0 saturated carbocycles. The zero-order chi connectivity index (χ0) is 13.1. The Morgan fingerprint density at radius 3 is 2.89 bits per heavy atom. The van der Waals surface area contributed by atoms with Crippen molar-refractivity contribution < 1.29 is 19.6 Å². The Balaban J connectivity index is 2.30. The molecular weight excluding hydrogens is 240 g/mol. The molecular formula is C11H12N2O5. The molecule has 1 fully saturated rings. The summed E-state index contributed by atoms with van der Waals surface area (Å²) < 4.78 is 5.16. The average Bonchev–Trinajstić information content (AvgIpc) is 2.81. The van der Waals surface area contributed by atoms with Crippen LogP contribution in [0.25, 0.3) is 0 Å². The van der Waals surface area contributed by atoms with Gasteiger partial charge in [-0.3, -0.25) is 10.1 Å². The van der Waals surface area contributed by atoms with Gasteiger partial charge in [0, 0.05) is 12.7 Å². The van der Waals surface area contributed by atoms with Gasteiger partial charge in [0.2, 0.25) is 0 Å². The Morgan fingerprint density at radius 2 is 2.33 bits per heavy atom. The smallest absolute Gasteiger partial charge is 0.335 e. The fourth-order valence-electron chi connectivity index (χ4n) is 1.81. The number of carbonyl (C=O) groups is 1. The lowest BCUT2D eigenvalue weighted by molar-refractivity contribution is -0.384. The maximum Gasteiger partial charge on any atom is 0.335 e. The molecule has 0 radical (unpaired) electrons. The summed E-state index contributed by atoms with van der Waals surface area (Å²) in [5.74, 6) is -1.12. The Hall–Kier alpha value is -2.15. The molecule has 1 unspecified atom stereocenters. The van der Waals surface area contributed by atoms with Gasteiger partial charge in [0.15, 0.2) is 0 Å². The van der Waals surface area contributed by atoms with Gasteiger partial charge >= 0.3 is 5.97 Å². The van der Waals surface area contributed by atoms with Crippen LogP contribution in [0, 0.1) is 10.1 Å². The molecule has 1 aromatic rings. The lowest BCUT2D eigenvalue weighted by Gasteiger charge is -2.12. The minimum absolute atomic E-state index is 0.0158. The van der Waals surface area contributed by atoms with Gasteiger partial charge in [-0.25, -0.2) is 4.79 Å². The van der Waals surface area contributed by atoms with Crippen molar-refractivity contribution in [2.45, 2.75) is 12.5 Å². The number of hydrogen-bond acceptors (Lipinski definition) is 5. The minimum Gasteiger partial charge on any atom is -0.478 e. The molecule has 7 heteroatoms. The number of nitro benzene ring substituents is 1. The molecule has 1 saturated heterocycles. The number of anilines is 1. The van der Waals surface area contributed by atoms with Crippen molar-refractivity contribution in [1.82, 2.24) is 0 Å². The van der Waals surface area contributed by atoms with Crippen LogP contribution in [0.5, 0.6) is 0 Å². The number of ether oxygens (including phenoxy) is 1. The van der Waals surface area contributed by atoms with Crippen molar-refractivity contribution in [3.63, 3.8) is 0 Å². The number of nitro groups is 1. The van der Waals surface area contributed by atoms with Gasteiger partial charge in [-0.05, 0) is 18.6 Å². The summed E-state index contributed by atoms with van der Waals surface area (Å²) in [5, 5.41) is 22.7. The summed E-state index contributed by atoms with van der Waals surface area (Å²) in [7, 11) is 0. The molecule has 2 N–H and O–H groups in total. The molecule has 0 aromatic heterocycles. The first-order chi connectivity index (χ1) is 8.58. The Labute approximate surface area is 103 Å². The van der Waals surface area contributed by atoms with E-state index in [9.17, 15) is 14.9 Å². The second kappa shape index (κ2) is 5.01. The summed E-state index contributed by atoms with van der Waals surface area (Å²) in [6.07, 6.45) is 0.744. The second-order valence-corrected chi connectivity index (χ2v) is 4.00. The van der Waals surface area contributed by atoms with Crippen molar-refractivity contribution in [1.29, 1.82) is 0 Å². The first-order valence-electron chi connectivity index (χ1n) is 5.44. The molecule has 1 aliphatic heterocycles. The topological polar surface area (TPSA) is 102 Å². The van der Waals surface area contributed by atoms with E-state index in [1.807, 2.05) is 0 Å². The van der Waals surface area contributed by atoms with E-state index >= 15 is 0 Å². The highest BCUT2D eigenvalue weighted by Gasteiger charge is 2.21. The number of aromatic carboxylic acids is 1. The van der Waals surface area contributed by atoms with Gasteiger partial charge in [0.25, 0.3) is 5.69 Å². The number of carboxylic acid groups (broad SMARTS) is 1. The highest BCUT2D eigenvalue weighted by molar-refractivity contribution is 5.90. The quantitative estimate of drug-likeness (QED) is 0.621. The first kappa shape index (κ1) is 12.3. The van der Waals surface area contributed by atoms with Crippen molar-refractivity contribution in [3.05, 3.63) is 33.9 Å². The molecule has 1 aliphatic rings. The predicted molar refractivity (Wildman–Crippen MR) is 62.9 cm³/mol. The molecule has 2 rings (SSSR count). The van der Waals surface area contributed by atoms with Crippen LogP contribution < -0.4 is 5.32 Å². The van der Waals surface area contributed by atoms with Gasteiger partial charge in [-0.2, -0.15) is 0 Å². The van der Waals surface area contributed by atoms with Gasteiger partial charge in [0.1, 0.15) is 5.69 Å². The third kappa shape index (κ3) is 2.57. The predicted octanol–water partition coefficient (Wildman–Crippen LogP) is 1.49. The van der Waals surface area contributed by atoms with Crippen LogP contribution in [0.2, 0.25) is 0 Å². The van der Waals surface area contributed by atoms with Gasteiger partial charge in [-0.15, -0.1) is 0 Å². The summed E-state index contributed by atoms with van der Waals surface area (Å²) >= 11 is 0. The monoisotopic (exact) mass is 252 g/mol. The standard InChI is InChI=1S/C11H12N2O5/c14-11(15)7-1-2-10(13(16)17)9(5-7)12-8-3-4-18-6-8/h1-2,5,8,12H,3-4,6H2,(H,14,15). The van der Waals surface area contributed by atoms with E-state index < -0.39 is 10.9 Å². The van der Waals surface area contributed by atoms with Crippen LogP contribution in [-0.4, -0.2) is 35.3 Å². The molecule has 1 atom stereocenters. The summed E-state index contributed by atoms with van der Waals surface area (Å²) in [6, 6.07) is 3.67. The van der Waals surface area contributed by atoms with E-state index in [-0.39, 0.29) is 23.0 Å². The van der Waals surface area contributed by atoms with Crippen molar-refractivity contribution in [2.24, 2.45) is 0 Å². The molecule has 18 heavy (non-hydrogen) atoms. The third-order valence-electron chi connectivity index (χ3n) is 2.73. The third-order valence-corrected chi connectivity index (χ3v) is 2.73. The fraction of sp³-hybridized carbons (Fsp3) is 0.364. The van der Waals surface area contributed by atoms with Gasteiger partial charge in [0.05, 0.1) is 23.1 Å². The van der Waals surface area contributed by atoms with E-state index in [0.29, 0.717) is 13.2 Å². The Bertz CT molecular complexity index is 482. The normalized spacial score (nSPS) is 18.6. The van der Waals surface area contributed by atoms with E-state index in [0.717, 1.165) is 6.42 Å². The summed E-state index contributed by atoms with van der Waals surface area (Å²) in [5.41, 5.74) is 0.101. The Kier molecular flexibility index (Phi) is 3.42. The van der Waals surface area contributed by atoms with E-state index in [4.69, 9.17) is 9.84 Å². The molecule has 1 heterocycles. The molecule has 0 spiro atoms. The zero-order valence-electron chi connectivity index (χ0n) is 9.46. The van der Waals surface area contributed by atoms with Crippen LogP contribution in [0.4, 0.5) is 11.4 Å². The van der Waals surface area contributed by atoms with E-state index in [1.54, 1.807) is 0 Å². The number of nitrogens with one attached hydrogen (secondary N) is 1. The SMILES string of the molecule is O=C(O)c1ccc([N+](=O)[O-])c(NC2CCOC2)c1. The van der Waals surface area contributed by atoms with Gasteiger partial charge in [-0.1, -0.05) is 0 Å². The second-order valence-electron chi connectivity index (χ2n) is 4.00. The van der Waals surface area contributed by atoms with Crippen LogP contribution in [0.3, 0.4) is 0 Å². The highest BCUT2D eigenvalue weighted by Crippen LogP contribution is 2.27. The lowest BCUT2D eigenvalue weighted by Crippen LogP contribution is -2.20. The molecule has 1 aromatic carbocycles. The summed E-state index contributed by atoms with van der Waals surface area (Å²) in [4.78, 5) is 21.2. The number of nitrogens with zero attached hydrogens (tertiary/aromatic N) is 1. The largest absolute Gasteiger partial charge is 0.478 e. The molecule has 0 aliphatic carbocycles. The van der Waals surface area contributed by atoms with Crippen LogP contribution in [-0.2, 0) is 4.74 Å². The molecule has 0 bridgehead atoms. The first-order valence-corrected chi connectivity index (χ1v) is 5.44. The van der Waals surface area contributed by atoms with Crippen molar-refractivity contribution in [2.75, 3.05) is 18.5 Å². The zero-order valence-corrected chi connectivity index (χ0v) is 9.46. The maximum atomic E-state index is 10.9. The molecule has 0 amide bonds. The van der Waals surface area contributed by atoms with Crippen LogP contribution in [0.15, 0.2) is 18.2 Å². The van der Waals surface area contributed by atoms with Gasteiger partial charge < -0.3 is 15.2 Å². The lowest BCUT2D eigenvalue weighted by atomic mass is 10.1. The Morgan fingerprint density at radius 1 is 1.56 bits per heavy atom. The number of carboxylic acids is 1. The van der Waals surface area contributed by atoms with Crippen LogP contribution in [0.1, 0.15) is 16.8 Å². The number of rotatable bonds is 4. The van der Waals surface area contributed by atoms with E-state index in [1.165, 1.54) is 18.2 Å². The minimum atomic E-state index is -1.12. The number of benzene rings is 1. The molecule has 96 valence electrons. The van der Waals surface area contributed by atoms with Crippen molar-refractivity contribution in [3.8, 4) is 0 Å². The summed E-state index contributed by atoms with van der Waals surface area (Å²) in [6.45, 7) is 1.07. The fourth-order valence-corrected chi connectivity index (χ4v) is 1.81. The van der Waals surface area contributed by atoms with Crippen LogP contribution >= 0.6 is 0 Å². The highest BCUT2D eigenvalue weighted by atomic mass is 16.6. The maximum absolute atomic E-state index is 10.9. The van der Waals surface area contributed by atoms with E-state index in [2.05, 4.69) is 5.32 Å². The van der Waals surface area contributed by atoms with Crippen molar-refractivity contribution >= 4 is 17.3 Å². The number of hydrogen-bond donors (Lipinski definition) is 2.